The number of halogens is 3. The number of amides is 1. The molecule has 2 aromatic heterocycles. The van der Waals surface area contributed by atoms with E-state index in [2.05, 4.69) is 20.6 Å². The van der Waals surface area contributed by atoms with Gasteiger partial charge in [0.25, 0.3) is 17.2 Å². The third-order valence-electron chi connectivity index (χ3n) is 5.06. The van der Waals surface area contributed by atoms with Crippen LogP contribution in [0.3, 0.4) is 0 Å². The van der Waals surface area contributed by atoms with Gasteiger partial charge in [-0.05, 0) is 42.8 Å². The molecule has 0 saturated carbocycles. The van der Waals surface area contributed by atoms with Crippen molar-refractivity contribution in [1.29, 1.82) is 0 Å². The van der Waals surface area contributed by atoms with Crippen LogP contribution in [0, 0.1) is 10.1 Å². The molecule has 1 N–H and O–H groups in total. The number of non-ortho nitro benzene ring substituents is 1. The maximum atomic E-state index is 13.2. The van der Waals surface area contributed by atoms with Gasteiger partial charge in [-0.15, -0.1) is 10.2 Å². The Morgan fingerprint density at radius 3 is 2.61 bits per heavy atom. The molecule has 0 spiro atoms. The number of carbonyl (C=O) groups is 1. The summed E-state index contributed by atoms with van der Waals surface area (Å²) in [5.74, 6) is -0.618. The summed E-state index contributed by atoms with van der Waals surface area (Å²) in [6.45, 7) is 1.36. The number of nitrogens with zero attached hydrogens (tertiary/aromatic N) is 5. The molecule has 1 atom stereocenters. The molecule has 11 nitrogen and oxygen atoms in total. The Labute approximate surface area is 199 Å². The first-order valence-electron chi connectivity index (χ1n) is 10.2. The molecule has 1 amide bonds. The Morgan fingerprint density at radius 1 is 1.17 bits per heavy atom. The highest BCUT2D eigenvalue weighted by molar-refractivity contribution is 5.92. The monoisotopic (exact) mass is 500 g/mol. The molecule has 4 aromatic rings. The second-order valence-electron chi connectivity index (χ2n) is 7.53. The highest BCUT2D eigenvalue weighted by Gasteiger charge is 2.33. The van der Waals surface area contributed by atoms with E-state index in [1.54, 1.807) is 18.2 Å². The van der Waals surface area contributed by atoms with Crippen LogP contribution in [0.4, 0.5) is 18.9 Å². The Balaban J connectivity index is 1.62. The van der Waals surface area contributed by atoms with Crippen molar-refractivity contribution in [3.63, 3.8) is 0 Å². The van der Waals surface area contributed by atoms with Crippen molar-refractivity contribution in [2.75, 3.05) is 0 Å². The third-order valence-corrected chi connectivity index (χ3v) is 5.06. The zero-order valence-electron chi connectivity index (χ0n) is 18.3. The first-order valence-corrected chi connectivity index (χ1v) is 10.2. The van der Waals surface area contributed by atoms with Gasteiger partial charge in [-0.25, -0.2) is 0 Å². The van der Waals surface area contributed by atoms with E-state index in [1.807, 2.05) is 0 Å². The molecular formula is C22H15F3N6O5. The lowest BCUT2D eigenvalue weighted by Gasteiger charge is -2.16. The van der Waals surface area contributed by atoms with Gasteiger partial charge in [0.15, 0.2) is 0 Å². The number of hydrogen-bond acceptors (Lipinski definition) is 8. The van der Waals surface area contributed by atoms with Crippen LogP contribution in [0.15, 0.2) is 70.2 Å². The van der Waals surface area contributed by atoms with E-state index < -0.39 is 39.9 Å². The van der Waals surface area contributed by atoms with E-state index in [9.17, 15) is 32.9 Å². The molecule has 0 aliphatic rings. The molecule has 2 heterocycles. The molecule has 0 aliphatic carbocycles. The first kappa shape index (κ1) is 24.3. The van der Waals surface area contributed by atoms with E-state index in [0.29, 0.717) is 11.6 Å². The van der Waals surface area contributed by atoms with Gasteiger partial charge in [-0.2, -0.15) is 23.0 Å². The lowest BCUT2D eigenvalue weighted by Crippen LogP contribution is -2.30. The minimum atomic E-state index is -4.82. The number of benzene rings is 2. The summed E-state index contributed by atoms with van der Waals surface area (Å²) in [6, 6.07) is 9.63. The number of carbonyl (C=O) groups excluding carboxylic acids is 1. The van der Waals surface area contributed by atoms with E-state index >= 15 is 0 Å². The zero-order chi connectivity index (χ0) is 26.0. The van der Waals surface area contributed by atoms with Crippen LogP contribution < -0.4 is 10.9 Å². The summed E-state index contributed by atoms with van der Waals surface area (Å²) in [4.78, 5) is 35.4. The van der Waals surface area contributed by atoms with Crippen LogP contribution in [0.25, 0.3) is 17.1 Å². The highest BCUT2D eigenvalue weighted by Crippen LogP contribution is 2.34. The largest absolute Gasteiger partial charge is 0.423 e. The maximum absolute atomic E-state index is 13.2. The zero-order valence-corrected chi connectivity index (χ0v) is 18.3. The van der Waals surface area contributed by atoms with Gasteiger partial charge in [0.05, 0.1) is 22.2 Å². The third kappa shape index (κ3) is 5.11. The fourth-order valence-electron chi connectivity index (χ4n) is 3.29. The lowest BCUT2D eigenvalue weighted by molar-refractivity contribution is -0.385. The molecule has 0 radical (unpaired) electrons. The SMILES string of the molecule is CC(NC(=O)c1ccc(=O)n(-c2cccc(-c3nnco3)c2)n1)c1cc([N+](=O)[O-])cc(C(F)(F)F)c1. The smallest absolute Gasteiger partial charge is 0.416 e. The molecule has 1 unspecified atom stereocenters. The fraction of sp³-hybridized carbons (Fsp3) is 0.136. The van der Waals surface area contributed by atoms with Crippen LogP contribution in [0.5, 0.6) is 0 Å². The summed E-state index contributed by atoms with van der Waals surface area (Å²) in [7, 11) is 0. The molecule has 0 aliphatic heterocycles. The van der Waals surface area contributed by atoms with Crippen molar-refractivity contribution in [2.45, 2.75) is 19.1 Å². The highest BCUT2D eigenvalue weighted by atomic mass is 19.4. The number of hydrogen-bond donors (Lipinski definition) is 1. The molecule has 36 heavy (non-hydrogen) atoms. The van der Waals surface area contributed by atoms with Gasteiger partial charge in [0.1, 0.15) is 5.69 Å². The molecule has 0 saturated heterocycles. The van der Waals surface area contributed by atoms with Gasteiger partial charge in [-0.3, -0.25) is 19.7 Å². The lowest BCUT2D eigenvalue weighted by atomic mass is 10.0. The Kier molecular flexibility index (Phi) is 6.33. The minimum Gasteiger partial charge on any atom is -0.423 e. The van der Waals surface area contributed by atoms with Crippen LogP contribution in [-0.4, -0.2) is 30.8 Å². The molecule has 14 heteroatoms. The normalized spacial score (nSPS) is 12.2. The Bertz CT molecular complexity index is 1500. The molecular weight excluding hydrogens is 485 g/mol. The molecule has 2 aromatic carbocycles. The van der Waals surface area contributed by atoms with Crippen LogP contribution in [0.1, 0.15) is 34.6 Å². The van der Waals surface area contributed by atoms with E-state index in [0.717, 1.165) is 35.3 Å². The van der Waals surface area contributed by atoms with E-state index in [1.165, 1.54) is 13.0 Å². The van der Waals surface area contributed by atoms with Crippen LogP contribution in [0.2, 0.25) is 0 Å². The maximum Gasteiger partial charge on any atom is 0.416 e. The molecule has 0 bridgehead atoms. The van der Waals surface area contributed by atoms with Crippen molar-refractivity contribution >= 4 is 11.6 Å². The average molecular weight is 500 g/mol. The van der Waals surface area contributed by atoms with Gasteiger partial charge in [-0.1, -0.05) is 6.07 Å². The number of rotatable bonds is 6. The van der Waals surface area contributed by atoms with Crippen molar-refractivity contribution in [1.82, 2.24) is 25.3 Å². The van der Waals surface area contributed by atoms with Crippen molar-refractivity contribution in [3.8, 4) is 17.1 Å². The summed E-state index contributed by atoms with van der Waals surface area (Å²) < 4.78 is 45.7. The topological polar surface area (TPSA) is 146 Å². The summed E-state index contributed by atoms with van der Waals surface area (Å²) >= 11 is 0. The molecule has 4 rings (SSSR count). The average Bonchev–Trinajstić information content (AvgIpc) is 3.38. The van der Waals surface area contributed by atoms with Crippen molar-refractivity contribution < 1.29 is 27.3 Å². The summed E-state index contributed by atoms with van der Waals surface area (Å²) in [6.07, 6.45) is -3.69. The van der Waals surface area contributed by atoms with Gasteiger partial charge in [0.2, 0.25) is 12.3 Å². The number of alkyl halides is 3. The predicted molar refractivity (Wildman–Crippen MR) is 117 cm³/mol. The van der Waals surface area contributed by atoms with Crippen molar-refractivity contribution in [2.24, 2.45) is 0 Å². The number of aromatic nitrogens is 4. The van der Waals surface area contributed by atoms with E-state index in [-0.39, 0.29) is 22.8 Å². The summed E-state index contributed by atoms with van der Waals surface area (Å²) in [5, 5.41) is 25.0. The van der Waals surface area contributed by atoms with Gasteiger partial charge in [0, 0.05) is 23.8 Å². The summed E-state index contributed by atoms with van der Waals surface area (Å²) in [5.41, 5.74) is -2.12. The second-order valence-corrected chi connectivity index (χ2v) is 7.53. The fourth-order valence-corrected chi connectivity index (χ4v) is 3.29. The van der Waals surface area contributed by atoms with Crippen LogP contribution in [-0.2, 0) is 6.18 Å². The number of nitrogens with one attached hydrogen (secondary N) is 1. The van der Waals surface area contributed by atoms with Crippen LogP contribution >= 0.6 is 0 Å². The van der Waals surface area contributed by atoms with Gasteiger partial charge >= 0.3 is 6.18 Å². The number of nitro benzene ring substituents is 1. The first-order chi connectivity index (χ1) is 17.0. The second kappa shape index (κ2) is 9.40. The quantitative estimate of drug-likeness (QED) is 0.312. The standard InChI is InChI=1S/C22H15F3N6O5/c1-12(14-7-15(22(23,24)25)10-17(9-14)31(34)35)27-20(33)18-5-6-19(32)30(29-18)16-4-2-3-13(8-16)21-28-26-11-36-21/h2-12H,1H3,(H,27,33). The Morgan fingerprint density at radius 2 is 1.94 bits per heavy atom. The predicted octanol–water partition coefficient (Wildman–Crippen LogP) is 3.70. The number of nitro groups is 1. The van der Waals surface area contributed by atoms with E-state index in [4.69, 9.17) is 4.42 Å². The molecule has 0 fully saturated rings. The molecule has 184 valence electrons. The Hall–Kier alpha value is -4.88. The van der Waals surface area contributed by atoms with Crippen molar-refractivity contribution in [3.05, 3.63) is 98.3 Å². The minimum absolute atomic E-state index is 0.134. The van der Waals surface area contributed by atoms with Gasteiger partial charge < -0.3 is 9.73 Å².